The first-order chi connectivity index (χ1) is 7.18. The summed E-state index contributed by atoms with van der Waals surface area (Å²) in [6, 6.07) is 13.3. The Morgan fingerprint density at radius 3 is 2.40 bits per heavy atom. The van der Waals surface area contributed by atoms with Gasteiger partial charge in [0.25, 0.3) is 0 Å². The third-order valence-corrected chi connectivity index (χ3v) is 2.61. The Balaban J connectivity index is 2.56. The van der Waals surface area contributed by atoms with E-state index in [-0.39, 0.29) is 10.4 Å². The minimum absolute atomic E-state index is 0.0507. The van der Waals surface area contributed by atoms with Gasteiger partial charge in [-0.15, -0.1) is 0 Å². The summed E-state index contributed by atoms with van der Waals surface area (Å²) in [5.74, 6) is -0.263. The molecule has 0 spiro atoms. The molecule has 1 N–H and O–H groups in total. The number of Topliss-reactive ketones (excluding diaryl/α,β-unsaturated/α-hetero) is 1. The standard InChI is InChI=1S/C12H8NOSe/c13-12(15)11(14)10-6-5-8-3-1-2-4-9(8)7-10/h1-7,13H. The fourth-order valence-corrected chi connectivity index (χ4v) is 1.71. The van der Waals surface area contributed by atoms with Crippen molar-refractivity contribution in [2.45, 2.75) is 0 Å². The summed E-state index contributed by atoms with van der Waals surface area (Å²) in [5, 5.41) is 9.36. The molecule has 2 aromatic rings. The van der Waals surface area contributed by atoms with Crippen LogP contribution in [0.5, 0.6) is 0 Å². The Morgan fingerprint density at radius 2 is 1.73 bits per heavy atom. The van der Waals surface area contributed by atoms with Gasteiger partial charge in [0.05, 0.1) is 0 Å². The Kier molecular flexibility index (Phi) is 2.67. The molecule has 0 aromatic heterocycles. The van der Waals surface area contributed by atoms with Crippen LogP contribution in [0.4, 0.5) is 0 Å². The summed E-state index contributed by atoms with van der Waals surface area (Å²) in [7, 11) is 0. The number of fused-ring (bicyclic) bond motifs is 1. The van der Waals surface area contributed by atoms with E-state index < -0.39 is 0 Å². The second-order valence-electron chi connectivity index (χ2n) is 3.22. The molecule has 0 bridgehead atoms. The zero-order chi connectivity index (χ0) is 10.8. The number of hydrogen-bond donors (Lipinski definition) is 1. The first kappa shape index (κ1) is 10.1. The molecule has 0 aliphatic heterocycles. The fraction of sp³-hybridized carbons (Fsp3) is 0. The number of ketones is 1. The van der Waals surface area contributed by atoms with Gasteiger partial charge in [-0.1, -0.05) is 0 Å². The molecule has 0 unspecified atom stereocenters. The van der Waals surface area contributed by atoms with Gasteiger partial charge in [0, 0.05) is 0 Å². The van der Waals surface area contributed by atoms with Crippen molar-refractivity contribution in [1.82, 2.24) is 0 Å². The van der Waals surface area contributed by atoms with Crippen LogP contribution in [0.2, 0.25) is 0 Å². The van der Waals surface area contributed by atoms with E-state index in [1.165, 1.54) is 0 Å². The molecule has 3 heteroatoms. The molecule has 0 heterocycles. The summed E-state index contributed by atoms with van der Waals surface area (Å²) in [6.07, 6.45) is 0. The molecule has 0 aliphatic carbocycles. The fourth-order valence-electron chi connectivity index (χ4n) is 1.46. The molecule has 0 fully saturated rings. The summed E-state index contributed by atoms with van der Waals surface area (Å²) < 4.78 is -0.0507. The van der Waals surface area contributed by atoms with E-state index in [1.807, 2.05) is 36.4 Å². The predicted octanol–water partition coefficient (Wildman–Crippen LogP) is 2.17. The van der Waals surface area contributed by atoms with Gasteiger partial charge in [0.1, 0.15) is 0 Å². The first-order valence-electron chi connectivity index (χ1n) is 4.47. The Bertz CT molecular complexity index is 548. The van der Waals surface area contributed by atoms with Crippen LogP contribution in [-0.4, -0.2) is 26.4 Å². The summed E-state index contributed by atoms with van der Waals surface area (Å²) in [5.41, 5.74) is 0.553. The zero-order valence-corrected chi connectivity index (χ0v) is 9.57. The van der Waals surface area contributed by atoms with Gasteiger partial charge < -0.3 is 0 Å². The molecule has 0 amide bonds. The number of carbonyl (C=O) groups excluding carboxylic acids is 1. The molecule has 15 heavy (non-hydrogen) atoms. The number of benzene rings is 2. The van der Waals surface area contributed by atoms with Crippen molar-refractivity contribution in [3.8, 4) is 0 Å². The third-order valence-electron chi connectivity index (χ3n) is 2.22. The summed E-state index contributed by atoms with van der Waals surface area (Å²) in [4.78, 5) is 11.5. The molecule has 2 rings (SSSR count). The van der Waals surface area contributed by atoms with E-state index in [0.29, 0.717) is 5.56 Å². The molecule has 0 saturated heterocycles. The monoisotopic (exact) mass is 262 g/mol. The Morgan fingerprint density at radius 1 is 1.07 bits per heavy atom. The van der Waals surface area contributed by atoms with Crippen LogP contribution in [-0.2, 0) is 0 Å². The number of rotatable bonds is 2. The van der Waals surface area contributed by atoms with Crippen LogP contribution in [0, 0.1) is 5.41 Å². The predicted molar refractivity (Wildman–Crippen MR) is 61.8 cm³/mol. The number of nitrogens with one attached hydrogen (secondary N) is 1. The van der Waals surface area contributed by atoms with Crippen LogP contribution < -0.4 is 0 Å². The van der Waals surface area contributed by atoms with Gasteiger partial charge in [-0.3, -0.25) is 0 Å². The minimum atomic E-state index is -0.263. The van der Waals surface area contributed by atoms with Crippen molar-refractivity contribution in [2.75, 3.05) is 0 Å². The van der Waals surface area contributed by atoms with Crippen molar-refractivity contribution in [1.29, 1.82) is 5.41 Å². The van der Waals surface area contributed by atoms with Crippen LogP contribution in [0.15, 0.2) is 42.5 Å². The van der Waals surface area contributed by atoms with Gasteiger partial charge in [-0.05, 0) is 0 Å². The van der Waals surface area contributed by atoms with Crippen molar-refractivity contribution in [3.05, 3.63) is 48.0 Å². The Labute approximate surface area is 95.6 Å². The van der Waals surface area contributed by atoms with Crippen molar-refractivity contribution < 1.29 is 4.79 Å². The third kappa shape index (κ3) is 1.99. The molecule has 2 nitrogen and oxygen atoms in total. The molecule has 73 valence electrons. The maximum absolute atomic E-state index is 11.5. The van der Waals surface area contributed by atoms with Crippen molar-refractivity contribution in [2.24, 2.45) is 0 Å². The topological polar surface area (TPSA) is 40.9 Å². The summed E-state index contributed by atoms with van der Waals surface area (Å²) >= 11 is 2.42. The van der Waals surface area contributed by atoms with Crippen molar-refractivity contribution >= 4 is 37.2 Å². The second kappa shape index (κ2) is 3.97. The number of carbonyl (C=O) groups is 1. The van der Waals surface area contributed by atoms with E-state index in [4.69, 9.17) is 5.41 Å². The number of hydrogen-bond acceptors (Lipinski definition) is 2. The van der Waals surface area contributed by atoms with Gasteiger partial charge >= 0.3 is 95.4 Å². The molecule has 0 saturated carbocycles. The molecular weight excluding hydrogens is 253 g/mol. The van der Waals surface area contributed by atoms with E-state index in [2.05, 4.69) is 16.0 Å². The van der Waals surface area contributed by atoms with Crippen LogP contribution in [0.3, 0.4) is 0 Å². The van der Waals surface area contributed by atoms with Gasteiger partial charge in [0.2, 0.25) is 0 Å². The molecule has 1 radical (unpaired) electrons. The molecular formula is C12H8NOSe. The SMILES string of the molecule is N=C([Se])C(=O)c1ccc2ccccc2c1. The average molecular weight is 261 g/mol. The molecule has 0 aliphatic rings. The van der Waals surface area contributed by atoms with E-state index >= 15 is 0 Å². The Hall–Kier alpha value is -1.44. The zero-order valence-electron chi connectivity index (χ0n) is 7.86. The van der Waals surface area contributed by atoms with E-state index in [0.717, 1.165) is 10.8 Å². The normalized spacial score (nSPS) is 10.1. The van der Waals surface area contributed by atoms with Crippen LogP contribution in [0.1, 0.15) is 10.4 Å². The van der Waals surface area contributed by atoms with Gasteiger partial charge in [-0.2, -0.15) is 0 Å². The van der Waals surface area contributed by atoms with Crippen LogP contribution in [0.25, 0.3) is 10.8 Å². The van der Waals surface area contributed by atoms with E-state index in [1.54, 1.807) is 6.07 Å². The first-order valence-corrected chi connectivity index (χ1v) is 5.33. The van der Waals surface area contributed by atoms with Gasteiger partial charge in [-0.25, -0.2) is 0 Å². The van der Waals surface area contributed by atoms with E-state index in [9.17, 15) is 4.79 Å². The molecule has 2 aromatic carbocycles. The molecule has 0 atom stereocenters. The quantitative estimate of drug-likeness (QED) is 0.502. The second-order valence-corrected chi connectivity index (χ2v) is 4.08. The van der Waals surface area contributed by atoms with Crippen molar-refractivity contribution in [3.63, 3.8) is 0 Å². The summed E-state index contributed by atoms with van der Waals surface area (Å²) in [6.45, 7) is 0. The van der Waals surface area contributed by atoms with Gasteiger partial charge in [0.15, 0.2) is 0 Å². The van der Waals surface area contributed by atoms with Crippen LogP contribution >= 0.6 is 0 Å². The average Bonchev–Trinajstić information content (AvgIpc) is 2.27. The maximum atomic E-state index is 11.5.